The first-order valence-electron chi connectivity index (χ1n) is 7.80. The van der Waals surface area contributed by atoms with Gasteiger partial charge in [0.2, 0.25) is 0 Å². The highest BCUT2D eigenvalue weighted by atomic mass is 16.2. The number of amides is 2. The van der Waals surface area contributed by atoms with Crippen LogP contribution in [0, 0.1) is 6.92 Å². The average Bonchev–Trinajstić information content (AvgIpc) is 2.48. The molecule has 1 fully saturated rings. The van der Waals surface area contributed by atoms with E-state index in [9.17, 15) is 4.79 Å². The largest absolute Gasteiger partial charge is 0.334 e. The molecule has 0 aliphatic heterocycles. The lowest BCUT2D eigenvalue weighted by Gasteiger charge is -2.33. The van der Waals surface area contributed by atoms with Gasteiger partial charge in [0.15, 0.2) is 0 Å². The van der Waals surface area contributed by atoms with E-state index in [4.69, 9.17) is 0 Å². The molecule has 1 saturated carbocycles. The summed E-state index contributed by atoms with van der Waals surface area (Å²) in [6.45, 7) is 5.55. The molecule has 3 heteroatoms. The van der Waals surface area contributed by atoms with E-state index in [1.807, 2.05) is 4.90 Å². The summed E-state index contributed by atoms with van der Waals surface area (Å²) in [5, 5.41) is 3.05. The normalized spacial score (nSPS) is 15.9. The zero-order chi connectivity index (χ0) is 14.4. The third-order valence-electron chi connectivity index (χ3n) is 4.18. The van der Waals surface area contributed by atoms with Gasteiger partial charge < -0.3 is 10.2 Å². The van der Waals surface area contributed by atoms with E-state index < -0.39 is 0 Å². The van der Waals surface area contributed by atoms with Crippen molar-refractivity contribution in [3.63, 3.8) is 0 Å². The Balaban J connectivity index is 1.87. The van der Waals surface area contributed by atoms with Crippen molar-refractivity contribution in [2.45, 2.75) is 58.5 Å². The van der Waals surface area contributed by atoms with Crippen LogP contribution in [0.3, 0.4) is 0 Å². The zero-order valence-corrected chi connectivity index (χ0v) is 12.7. The van der Waals surface area contributed by atoms with E-state index in [1.165, 1.54) is 24.8 Å². The Hall–Kier alpha value is -1.51. The van der Waals surface area contributed by atoms with Crippen molar-refractivity contribution >= 4 is 6.03 Å². The molecular formula is C17H26N2O. The summed E-state index contributed by atoms with van der Waals surface area (Å²) in [6.07, 6.45) is 6.15. The van der Waals surface area contributed by atoms with Crippen molar-refractivity contribution in [2.75, 3.05) is 6.54 Å². The van der Waals surface area contributed by atoms with Gasteiger partial charge in [0.1, 0.15) is 0 Å². The minimum absolute atomic E-state index is 0.0833. The fourth-order valence-corrected chi connectivity index (χ4v) is 2.95. The molecule has 0 radical (unpaired) electrons. The van der Waals surface area contributed by atoms with Gasteiger partial charge in [0.25, 0.3) is 0 Å². The average molecular weight is 274 g/mol. The van der Waals surface area contributed by atoms with Crippen LogP contribution >= 0.6 is 0 Å². The fourth-order valence-electron chi connectivity index (χ4n) is 2.95. The third kappa shape index (κ3) is 3.99. The molecule has 2 rings (SSSR count). The number of urea groups is 1. The predicted molar refractivity (Wildman–Crippen MR) is 82.7 cm³/mol. The van der Waals surface area contributed by atoms with Crippen LogP contribution in [0.25, 0.3) is 0 Å². The molecule has 1 aliphatic rings. The second-order valence-electron chi connectivity index (χ2n) is 5.72. The maximum absolute atomic E-state index is 12.3. The Morgan fingerprint density at radius 1 is 1.20 bits per heavy atom. The maximum atomic E-state index is 12.3. The van der Waals surface area contributed by atoms with Crippen LogP contribution in [-0.4, -0.2) is 23.5 Å². The number of rotatable bonds is 4. The molecule has 2 amide bonds. The molecular weight excluding hydrogens is 248 g/mol. The number of carbonyl (C=O) groups is 1. The first-order chi connectivity index (χ1) is 9.70. The Kier molecular flexibility index (Phi) is 5.45. The number of nitrogens with zero attached hydrogens (tertiary/aromatic N) is 1. The van der Waals surface area contributed by atoms with Crippen molar-refractivity contribution in [3.05, 3.63) is 35.4 Å². The van der Waals surface area contributed by atoms with Crippen molar-refractivity contribution in [3.8, 4) is 0 Å². The maximum Gasteiger partial charge on any atom is 0.317 e. The number of nitrogens with one attached hydrogen (secondary N) is 1. The summed E-state index contributed by atoms with van der Waals surface area (Å²) >= 11 is 0. The molecule has 0 atom stereocenters. The molecule has 0 saturated heterocycles. The van der Waals surface area contributed by atoms with Crippen LogP contribution in [0.2, 0.25) is 0 Å². The van der Waals surface area contributed by atoms with Crippen molar-refractivity contribution < 1.29 is 4.79 Å². The van der Waals surface area contributed by atoms with Crippen LogP contribution in [0.4, 0.5) is 4.79 Å². The van der Waals surface area contributed by atoms with Crippen molar-refractivity contribution in [2.24, 2.45) is 0 Å². The Labute approximate surface area is 122 Å². The van der Waals surface area contributed by atoms with Crippen LogP contribution in [-0.2, 0) is 6.54 Å². The third-order valence-corrected chi connectivity index (χ3v) is 4.18. The highest BCUT2D eigenvalue weighted by Crippen LogP contribution is 2.22. The molecule has 0 unspecified atom stereocenters. The van der Waals surface area contributed by atoms with E-state index in [1.54, 1.807) is 0 Å². The number of benzene rings is 1. The Morgan fingerprint density at radius 2 is 1.85 bits per heavy atom. The zero-order valence-electron chi connectivity index (χ0n) is 12.7. The van der Waals surface area contributed by atoms with E-state index in [0.717, 1.165) is 24.9 Å². The highest BCUT2D eigenvalue weighted by Gasteiger charge is 2.23. The van der Waals surface area contributed by atoms with Crippen LogP contribution in [0.15, 0.2) is 24.3 Å². The monoisotopic (exact) mass is 274 g/mol. The van der Waals surface area contributed by atoms with Gasteiger partial charge in [-0.3, -0.25) is 0 Å². The molecule has 110 valence electrons. The fraction of sp³-hybridized carbons (Fsp3) is 0.588. The summed E-state index contributed by atoms with van der Waals surface area (Å²) in [7, 11) is 0. The summed E-state index contributed by atoms with van der Waals surface area (Å²) in [5.41, 5.74) is 2.40. The molecule has 1 aromatic carbocycles. The number of aryl methyl sites for hydroxylation is 1. The highest BCUT2D eigenvalue weighted by molar-refractivity contribution is 5.74. The van der Waals surface area contributed by atoms with E-state index >= 15 is 0 Å². The second kappa shape index (κ2) is 7.32. The van der Waals surface area contributed by atoms with Gasteiger partial charge in [-0.05, 0) is 32.3 Å². The van der Waals surface area contributed by atoms with Crippen LogP contribution < -0.4 is 5.32 Å². The second-order valence-corrected chi connectivity index (χ2v) is 5.72. The molecule has 3 nitrogen and oxygen atoms in total. The van der Waals surface area contributed by atoms with Gasteiger partial charge in [-0.15, -0.1) is 0 Å². The van der Waals surface area contributed by atoms with Crippen molar-refractivity contribution in [1.29, 1.82) is 0 Å². The molecule has 0 spiro atoms. The molecule has 0 aromatic heterocycles. The number of hydrogen-bond donors (Lipinski definition) is 1. The minimum atomic E-state index is 0.0833. The van der Waals surface area contributed by atoms with Gasteiger partial charge in [-0.2, -0.15) is 0 Å². The smallest absolute Gasteiger partial charge is 0.317 e. The summed E-state index contributed by atoms with van der Waals surface area (Å²) in [4.78, 5) is 14.3. The van der Waals surface area contributed by atoms with E-state index in [0.29, 0.717) is 12.6 Å². The topological polar surface area (TPSA) is 32.3 Å². The molecule has 0 bridgehead atoms. The lowest BCUT2D eigenvalue weighted by Crippen LogP contribution is -2.46. The predicted octanol–water partition coefficient (Wildman–Crippen LogP) is 3.86. The van der Waals surface area contributed by atoms with E-state index in [-0.39, 0.29) is 6.03 Å². The first-order valence-corrected chi connectivity index (χ1v) is 7.80. The van der Waals surface area contributed by atoms with E-state index in [2.05, 4.69) is 43.4 Å². The first kappa shape index (κ1) is 14.9. The van der Waals surface area contributed by atoms with Crippen molar-refractivity contribution in [1.82, 2.24) is 10.2 Å². The SMILES string of the molecule is CCN(C(=O)NCc1ccc(C)cc1)C1CCCCC1. The number of hydrogen-bond acceptors (Lipinski definition) is 1. The van der Waals surface area contributed by atoms with Crippen LogP contribution in [0.1, 0.15) is 50.2 Å². The van der Waals surface area contributed by atoms with Gasteiger partial charge in [-0.1, -0.05) is 49.1 Å². The minimum Gasteiger partial charge on any atom is -0.334 e. The number of carbonyl (C=O) groups excluding carboxylic acids is 1. The lowest BCUT2D eigenvalue weighted by atomic mass is 9.94. The van der Waals surface area contributed by atoms with Gasteiger partial charge in [-0.25, -0.2) is 4.79 Å². The molecule has 0 heterocycles. The molecule has 1 aromatic rings. The van der Waals surface area contributed by atoms with Crippen LogP contribution in [0.5, 0.6) is 0 Å². The quantitative estimate of drug-likeness (QED) is 0.888. The Bertz CT molecular complexity index is 421. The molecule has 1 aliphatic carbocycles. The lowest BCUT2D eigenvalue weighted by molar-refractivity contribution is 0.159. The van der Waals surface area contributed by atoms with Gasteiger partial charge in [0, 0.05) is 19.1 Å². The van der Waals surface area contributed by atoms with Gasteiger partial charge in [0.05, 0.1) is 0 Å². The summed E-state index contributed by atoms with van der Waals surface area (Å²) in [5.74, 6) is 0. The molecule has 1 N–H and O–H groups in total. The summed E-state index contributed by atoms with van der Waals surface area (Å²) < 4.78 is 0. The molecule has 20 heavy (non-hydrogen) atoms. The van der Waals surface area contributed by atoms with Gasteiger partial charge >= 0.3 is 6.03 Å². The standard InChI is InChI=1S/C17H26N2O/c1-3-19(16-7-5-4-6-8-16)17(20)18-13-15-11-9-14(2)10-12-15/h9-12,16H,3-8,13H2,1-2H3,(H,18,20). The Morgan fingerprint density at radius 3 is 2.45 bits per heavy atom. The summed E-state index contributed by atoms with van der Waals surface area (Å²) in [6, 6.07) is 8.84.